The van der Waals surface area contributed by atoms with Gasteiger partial charge in [-0.05, 0) is 54.7 Å². The Morgan fingerprint density at radius 3 is 2.44 bits per heavy atom. The Kier molecular flexibility index (Phi) is 5.23. The van der Waals surface area contributed by atoms with E-state index in [-0.39, 0.29) is 11.8 Å². The number of nitrogens with one attached hydrogen (secondary N) is 2. The number of hydrogen-bond acceptors (Lipinski definition) is 2. The maximum Gasteiger partial charge on any atom is 0.253 e. The molecule has 3 atom stereocenters. The molecule has 2 aromatic rings. The first-order chi connectivity index (χ1) is 13.2. The van der Waals surface area contributed by atoms with Gasteiger partial charge in [0, 0.05) is 13.0 Å². The van der Waals surface area contributed by atoms with Crippen LogP contribution in [-0.4, -0.2) is 11.8 Å². The van der Waals surface area contributed by atoms with Crippen molar-refractivity contribution in [1.29, 1.82) is 0 Å². The van der Waals surface area contributed by atoms with Crippen LogP contribution in [0.25, 0.3) is 0 Å². The van der Waals surface area contributed by atoms with Gasteiger partial charge in [-0.3, -0.25) is 9.59 Å². The van der Waals surface area contributed by atoms with Crippen LogP contribution in [0.3, 0.4) is 0 Å². The minimum atomic E-state index is -0.172. The fourth-order valence-corrected chi connectivity index (χ4v) is 4.73. The number of carbonyl (C=O) groups excluding carboxylic acids is 2. The molecule has 0 unspecified atom stereocenters. The van der Waals surface area contributed by atoms with E-state index in [0.29, 0.717) is 30.1 Å². The highest BCUT2D eigenvalue weighted by molar-refractivity contribution is 6.03. The van der Waals surface area contributed by atoms with Crippen molar-refractivity contribution in [2.75, 3.05) is 5.32 Å². The lowest BCUT2D eigenvalue weighted by molar-refractivity contribution is -0.117. The van der Waals surface area contributed by atoms with Crippen LogP contribution in [0, 0.1) is 17.8 Å². The standard InChI is InChI=1S/C23H26N2O2/c26-22(14-19-13-17-10-11-18(19)12-17)25-21-9-5-4-8-20(21)23(27)24-15-16-6-2-1-3-7-16/h1-9,17-19H,10-15H2,(H,24,27)(H,25,26)/t17-,18-,19-/m0/s1. The average Bonchev–Trinajstić information content (AvgIpc) is 3.30. The predicted octanol–water partition coefficient (Wildman–Crippen LogP) is 4.38. The van der Waals surface area contributed by atoms with Gasteiger partial charge in [0.05, 0.1) is 11.3 Å². The Hall–Kier alpha value is -2.62. The lowest BCUT2D eigenvalue weighted by Crippen LogP contribution is -2.25. The first kappa shape index (κ1) is 17.8. The molecule has 2 aromatic carbocycles. The van der Waals surface area contributed by atoms with E-state index in [4.69, 9.17) is 0 Å². The molecule has 4 rings (SSSR count). The second-order valence-electron chi connectivity index (χ2n) is 7.90. The first-order valence-corrected chi connectivity index (χ1v) is 9.90. The summed E-state index contributed by atoms with van der Waals surface area (Å²) in [5.74, 6) is 1.93. The number of fused-ring (bicyclic) bond motifs is 2. The van der Waals surface area contributed by atoms with Gasteiger partial charge in [-0.15, -0.1) is 0 Å². The fraction of sp³-hybridized carbons (Fsp3) is 0.391. The molecule has 0 saturated heterocycles. The number of carbonyl (C=O) groups is 2. The molecule has 2 aliphatic carbocycles. The first-order valence-electron chi connectivity index (χ1n) is 9.90. The Morgan fingerprint density at radius 2 is 1.70 bits per heavy atom. The van der Waals surface area contributed by atoms with Crippen LogP contribution in [-0.2, 0) is 11.3 Å². The highest BCUT2D eigenvalue weighted by Gasteiger charge is 2.40. The number of hydrogen-bond donors (Lipinski definition) is 2. The molecule has 0 aliphatic heterocycles. The van der Waals surface area contributed by atoms with Gasteiger partial charge in [0.25, 0.3) is 5.91 Å². The van der Waals surface area contributed by atoms with E-state index < -0.39 is 0 Å². The molecule has 140 valence electrons. The topological polar surface area (TPSA) is 58.2 Å². The predicted molar refractivity (Wildman–Crippen MR) is 106 cm³/mol. The zero-order valence-corrected chi connectivity index (χ0v) is 15.5. The van der Waals surface area contributed by atoms with Crippen LogP contribution in [0.1, 0.15) is 48.0 Å². The van der Waals surface area contributed by atoms with Crippen molar-refractivity contribution < 1.29 is 9.59 Å². The molecule has 2 saturated carbocycles. The van der Waals surface area contributed by atoms with Crippen LogP contribution < -0.4 is 10.6 Å². The highest BCUT2D eigenvalue weighted by atomic mass is 16.2. The molecular weight excluding hydrogens is 336 g/mol. The third-order valence-corrected chi connectivity index (χ3v) is 6.07. The van der Waals surface area contributed by atoms with E-state index >= 15 is 0 Å². The van der Waals surface area contributed by atoms with Gasteiger partial charge in [-0.1, -0.05) is 48.9 Å². The maximum atomic E-state index is 12.6. The average molecular weight is 362 g/mol. The molecule has 0 aromatic heterocycles. The van der Waals surface area contributed by atoms with Gasteiger partial charge in [0.2, 0.25) is 5.91 Å². The van der Waals surface area contributed by atoms with Gasteiger partial charge in [-0.2, -0.15) is 0 Å². The Bertz CT molecular complexity index is 818. The van der Waals surface area contributed by atoms with E-state index in [2.05, 4.69) is 10.6 Å². The minimum Gasteiger partial charge on any atom is -0.348 e. The second-order valence-corrected chi connectivity index (χ2v) is 7.90. The zero-order valence-electron chi connectivity index (χ0n) is 15.5. The quantitative estimate of drug-likeness (QED) is 0.801. The molecule has 2 bridgehead atoms. The molecule has 0 radical (unpaired) electrons. The van der Waals surface area contributed by atoms with Crippen LogP contribution in [0.15, 0.2) is 54.6 Å². The molecule has 2 N–H and O–H groups in total. The number of rotatable bonds is 6. The molecule has 4 nitrogen and oxygen atoms in total. The summed E-state index contributed by atoms with van der Waals surface area (Å²) >= 11 is 0. The van der Waals surface area contributed by atoms with Crippen molar-refractivity contribution in [3.05, 3.63) is 65.7 Å². The minimum absolute atomic E-state index is 0.0239. The Balaban J connectivity index is 1.37. The number of anilines is 1. The third kappa shape index (κ3) is 4.21. The van der Waals surface area contributed by atoms with Crippen molar-refractivity contribution in [1.82, 2.24) is 5.32 Å². The molecule has 27 heavy (non-hydrogen) atoms. The Morgan fingerprint density at radius 1 is 0.926 bits per heavy atom. The lowest BCUT2D eigenvalue weighted by atomic mass is 9.86. The van der Waals surface area contributed by atoms with Crippen molar-refractivity contribution in [3.63, 3.8) is 0 Å². The normalized spacial score (nSPS) is 23.2. The second kappa shape index (κ2) is 7.95. The summed E-state index contributed by atoms with van der Waals surface area (Å²) in [6, 6.07) is 17.0. The van der Waals surface area contributed by atoms with Gasteiger partial charge in [0.15, 0.2) is 0 Å². The van der Waals surface area contributed by atoms with Gasteiger partial charge < -0.3 is 10.6 Å². The largest absolute Gasteiger partial charge is 0.348 e. The molecule has 0 spiro atoms. The van der Waals surface area contributed by atoms with Crippen molar-refractivity contribution in [2.45, 2.75) is 38.6 Å². The maximum absolute atomic E-state index is 12.6. The summed E-state index contributed by atoms with van der Waals surface area (Å²) in [7, 11) is 0. The van der Waals surface area contributed by atoms with Crippen molar-refractivity contribution in [2.24, 2.45) is 17.8 Å². The monoisotopic (exact) mass is 362 g/mol. The molecule has 2 fully saturated rings. The van der Waals surface area contributed by atoms with E-state index in [0.717, 1.165) is 17.4 Å². The van der Waals surface area contributed by atoms with Gasteiger partial charge >= 0.3 is 0 Å². The summed E-state index contributed by atoms with van der Waals surface area (Å²) < 4.78 is 0. The number of para-hydroxylation sites is 1. The van der Waals surface area contributed by atoms with Crippen molar-refractivity contribution >= 4 is 17.5 Å². The van der Waals surface area contributed by atoms with E-state index in [1.165, 1.54) is 25.7 Å². The Labute approximate surface area is 160 Å². The molecule has 2 aliphatic rings. The van der Waals surface area contributed by atoms with E-state index in [1.807, 2.05) is 42.5 Å². The number of amides is 2. The lowest BCUT2D eigenvalue weighted by Gasteiger charge is -2.21. The zero-order chi connectivity index (χ0) is 18.6. The van der Waals surface area contributed by atoms with Crippen LogP contribution in [0.2, 0.25) is 0 Å². The van der Waals surface area contributed by atoms with Crippen molar-refractivity contribution in [3.8, 4) is 0 Å². The molecule has 4 heteroatoms. The third-order valence-electron chi connectivity index (χ3n) is 6.07. The molecule has 2 amide bonds. The van der Waals surface area contributed by atoms with E-state index in [1.54, 1.807) is 12.1 Å². The molecule has 0 heterocycles. The van der Waals surface area contributed by atoms with Crippen LogP contribution >= 0.6 is 0 Å². The summed E-state index contributed by atoms with van der Waals surface area (Å²) in [5, 5.41) is 5.91. The van der Waals surface area contributed by atoms with E-state index in [9.17, 15) is 9.59 Å². The van der Waals surface area contributed by atoms with Crippen LogP contribution in [0.4, 0.5) is 5.69 Å². The SMILES string of the molecule is O=C(C[C@@H]1C[C@H]2CC[C@H]1C2)Nc1ccccc1C(=O)NCc1ccccc1. The summed E-state index contributed by atoms with van der Waals surface area (Å²) in [6.45, 7) is 0.465. The number of benzene rings is 2. The molecular formula is C23H26N2O2. The fourth-order valence-electron chi connectivity index (χ4n) is 4.73. The van der Waals surface area contributed by atoms with Gasteiger partial charge in [0.1, 0.15) is 0 Å². The summed E-state index contributed by atoms with van der Waals surface area (Å²) in [6.07, 6.45) is 5.68. The summed E-state index contributed by atoms with van der Waals surface area (Å²) in [4.78, 5) is 25.2. The van der Waals surface area contributed by atoms with Gasteiger partial charge in [-0.25, -0.2) is 0 Å². The highest BCUT2D eigenvalue weighted by Crippen LogP contribution is 2.49. The van der Waals surface area contributed by atoms with Crippen LogP contribution in [0.5, 0.6) is 0 Å². The summed E-state index contributed by atoms with van der Waals surface area (Å²) in [5.41, 5.74) is 2.15. The smallest absolute Gasteiger partial charge is 0.253 e.